The Morgan fingerprint density at radius 3 is 2.63 bits per heavy atom. The molecule has 0 saturated carbocycles. The number of hydrogen-bond acceptors (Lipinski definition) is 5. The summed E-state index contributed by atoms with van der Waals surface area (Å²) in [6.45, 7) is 1.99. The van der Waals surface area contributed by atoms with Gasteiger partial charge in [-0.15, -0.1) is 0 Å². The molecule has 2 aliphatic heterocycles. The number of methoxy groups -OCH3 is 1. The molecule has 0 N–H and O–H groups in total. The van der Waals surface area contributed by atoms with Crippen molar-refractivity contribution in [3.05, 3.63) is 58.6 Å². The van der Waals surface area contributed by atoms with E-state index in [1.807, 2.05) is 36.1 Å². The summed E-state index contributed by atoms with van der Waals surface area (Å²) in [6, 6.07) is 12.7. The number of halogens is 1. The second-order valence-corrected chi connectivity index (χ2v) is 11.2. The molecule has 2 unspecified atom stereocenters. The van der Waals surface area contributed by atoms with Gasteiger partial charge in [0.2, 0.25) is 0 Å². The smallest absolute Gasteiger partial charge is 0.252 e. The number of aryl methyl sites for hydroxylation is 1. The second-order valence-electron chi connectivity index (χ2n) is 7.44. The fraction of sp³-hybridized carbons (Fsp3) is 0.333. The summed E-state index contributed by atoms with van der Waals surface area (Å²) >= 11 is 7.64. The summed E-state index contributed by atoms with van der Waals surface area (Å²) < 4.78 is 29.6. The molecule has 30 heavy (non-hydrogen) atoms. The van der Waals surface area contributed by atoms with Gasteiger partial charge in [0.15, 0.2) is 15.0 Å². The van der Waals surface area contributed by atoms with E-state index in [0.29, 0.717) is 21.6 Å². The Balaban J connectivity index is 1.65. The van der Waals surface area contributed by atoms with Gasteiger partial charge in [-0.1, -0.05) is 53.2 Å². The topological polar surface area (TPSA) is 76.0 Å². The van der Waals surface area contributed by atoms with Crippen molar-refractivity contribution in [2.75, 3.05) is 23.5 Å². The third-order valence-corrected chi connectivity index (χ3v) is 8.68. The van der Waals surface area contributed by atoms with E-state index in [0.717, 1.165) is 11.1 Å². The molecule has 0 spiro atoms. The zero-order chi connectivity index (χ0) is 21.5. The van der Waals surface area contributed by atoms with Crippen LogP contribution in [0.2, 0.25) is 5.02 Å². The van der Waals surface area contributed by atoms with Crippen molar-refractivity contribution in [2.24, 2.45) is 4.99 Å². The van der Waals surface area contributed by atoms with E-state index in [1.54, 1.807) is 18.2 Å². The minimum Gasteiger partial charge on any atom is -0.495 e. The molecule has 2 aromatic rings. The molecular formula is C21H21ClN2O4S2. The molecule has 158 valence electrons. The van der Waals surface area contributed by atoms with Gasteiger partial charge in [-0.2, -0.15) is 4.99 Å². The predicted octanol–water partition coefficient (Wildman–Crippen LogP) is 3.50. The van der Waals surface area contributed by atoms with Gasteiger partial charge >= 0.3 is 0 Å². The number of anilines is 1. The number of fused-ring (bicyclic) bond motifs is 1. The first-order valence-electron chi connectivity index (χ1n) is 9.42. The number of ether oxygens (including phenoxy) is 1. The van der Waals surface area contributed by atoms with Crippen molar-refractivity contribution in [3.63, 3.8) is 0 Å². The van der Waals surface area contributed by atoms with Gasteiger partial charge in [-0.05, 0) is 30.7 Å². The number of hydrogen-bond donors (Lipinski definition) is 0. The lowest BCUT2D eigenvalue weighted by Crippen LogP contribution is -2.37. The van der Waals surface area contributed by atoms with E-state index in [1.165, 1.54) is 18.9 Å². The van der Waals surface area contributed by atoms with Crippen LogP contribution in [0.4, 0.5) is 5.69 Å². The van der Waals surface area contributed by atoms with Crippen LogP contribution in [-0.4, -0.2) is 49.4 Å². The predicted molar refractivity (Wildman–Crippen MR) is 122 cm³/mol. The Morgan fingerprint density at radius 2 is 1.97 bits per heavy atom. The van der Waals surface area contributed by atoms with E-state index in [-0.39, 0.29) is 35.1 Å². The van der Waals surface area contributed by atoms with E-state index in [4.69, 9.17) is 16.3 Å². The highest BCUT2D eigenvalue weighted by Gasteiger charge is 2.49. The minimum atomic E-state index is -3.13. The van der Waals surface area contributed by atoms with E-state index in [9.17, 15) is 13.2 Å². The highest BCUT2D eigenvalue weighted by atomic mass is 35.5. The van der Waals surface area contributed by atoms with Crippen molar-refractivity contribution < 1.29 is 17.9 Å². The first-order chi connectivity index (χ1) is 14.3. The van der Waals surface area contributed by atoms with Crippen LogP contribution in [0, 0.1) is 6.92 Å². The van der Waals surface area contributed by atoms with Crippen LogP contribution in [-0.2, 0) is 21.1 Å². The zero-order valence-electron chi connectivity index (χ0n) is 16.5. The molecule has 9 heteroatoms. The van der Waals surface area contributed by atoms with Gasteiger partial charge in [0.25, 0.3) is 5.91 Å². The third kappa shape index (κ3) is 4.36. The van der Waals surface area contributed by atoms with Crippen molar-refractivity contribution in [3.8, 4) is 5.75 Å². The monoisotopic (exact) mass is 464 g/mol. The molecule has 2 heterocycles. The largest absolute Gasteiger partial charge is 0.495 e. The highest BCUT2D eigenvalue weighted by molar-refractivity contribution is 8.16. The quantitative estimate of drug-likeness (QED) is 0.689. The molecule has 2 aromatic carbocycles. The van der Waals surface area contributed by atoms with Gasteiger partial charge in [0.1, 0.15) is 5.75 Å². The van der Waals surface area contributed by atoms with E-state index in [2.05, 4.69) is 4.99 Å². The lowest BCUT2D eigenvalue weighted by molar-refractivity contribution is -0.117. The number of carbonyl (C=O) groups is 1. The standard InChI is InChI=1S/C21H21ClN2O4S2/c1-13-3-5-14(6-4-13)9-20(25)23-21-24(15-7-8-18(28-2)16(22)10-15)17-11-30(26,27)12-19(17)29-21/h3-8,10,17,19H,9,11-12H2,1-2H3. The third-order valence-electron chi connectivity index (χ3n) is 5.18. The van der Waals surface area contributed by atoms with Crippen molar-refractivity contribution in [1.82, 2.24) is 0 Å². The molecule has 2 fully saturated rings. The van der Waals surface area contributed by atoms with Crippen molar-refractivity contribution >= 4 is 50.0 Å². The molecule has 1 amide bonds. The molecule has 2 saturated heterocycles. The van der Waals surface area contributed by atoms with Gasteiger partial charge < -0.3 is 9.64 Å². The van der Waals surface area contributed by atoms with E-state index < -0.39 is 9.84 Å². The fourth-order valence-corrected chi connectivity index (χ4v) is 7.88. The molecule has 0 aromatic heterocycles. The molecule has 0 bridgehead atoms. The van der Waals surface area contributed by atoms with Crippen LogP contribution in [0.5, 0.6) is 5.75 Å². The first-order valence-corrected chi connectivity index (χ1v) is 12.5. The number of amides is 1. The van der Waals surface area contributed by atoms with Crippen LogP contribution >= 0.6 is 23.4 Å². The molecule has 0 radical (unpaired) electrons. The Kier molecular flexibility index (Phi) is 5.83. The maximum absolute atomic E-state index is 12.7. The SMILES string of the molecule is COc1ccc(N2C(=NC(=O)Cc3ccc(C)cc3)SC3CS(=O)(=O)CC32)cc1Cl. The number of sulfone groups is 1. The molecule has 0 aliphatic carbocycles. The summed E-state index contributed by atoms with van der Waals surface area (Å²) in [7, 11) is -1.60. The Bertz CT molecular complexity index is 1120. The number of carbonyl (C=O) groups excluding carboxylic acids is 1. The van der Waals surface area contributed by atoms with Gasteiger partial charge in [0, 0.05) is 10.9 Å². The Morgan fingerprint density at radius 1 is 1.23 bits per heavy atom. The van der Waals surface area contributed by atoms with Crippen LogP contribution in [0.1, 0.15) is 11.1 Å². The van der Waals surface area contributed by atoms with Crippen LogP contribution in [0.15, 0.2) is 47.5 Å². The van der Waals surface area contributed by atoms with Crippen molar-refractivity contribution in [1.29, 1.82) is 0 Å². The van der Waals surface area contributed by atoms with Crippen LogP contribution in [0.25, 0.3) is 0 Å². The summed E-state index contributed by atoms with van der Waals surface area (Å²) in [5.41, 5.74) is 2.71. The number of benzene rings is 2. The van der Waals surface area contributed by atoms with Crippen molar-refractivity contribution in [2.45, 2.75) is 24.6 Å². The van der Waals surface area contributed by atoms with Gasteiger partial charge in [-0.25, -0.2) is 8.42 Å². The Hall–Kier alpha value is -2.03. The summed E-state index contributed by atoms with van der Waals surface area (Å²) in [6.07, 6.45) is 0.190. The zero-order valence-corrected chi connectivity index (χ0v) is 18.9. The molecule has 2 atom stereocenters. The number of nitrogens with zero attached hydrogens (tertiary/aromatic N) is 2. The molecule has 6 nitrogen and oxygen atoms in total. The lowest BCUT2D eigenvalue weighted by atomic mass is 10.1. The number of thioether (sulfide) groups is 1. The lowest BCUT2D eigenvalue weighted by Gasteiger charge is -2.25. The highest BCUT2D eigenvalue weighted by Crippen LogP contribution is 2.42. The molecule has 4 rings (SSSR count). The maximum Gasteiger partial charge on any atom is 0.252 e. The Labute approximate surface area is 185 Å². The first kappa shape index (κ1) is 21.2. The second kappa shape index (κ2) is 8.24. The molecular weight excluding hydrogens is 444 g/mol. The fourth-order valence-electron chi connectivity index (χ4n) is 3.70. The number of amidine groups is 1. The summed E-state index contributed by atoms with van der Waals surface area (Å²) in [5, 5.41) is 0.759. The van der Waals surface area contributed by atoms with E-state index >= 15 is 0 Å². The minimum absolute atomic E-state index is 0.0273. The summed E-state index contributed by atoms with van der Waals surface area (Å²) in [5.74, 6) is 0.360. The summed E-state index contributed by atoms with van der Waals surface area (Å²) in [4.78, 5) is 18.8. The normalized spacial score (nSPS) is 23.6. The van der Waals surface area contributed by atoms with Gasteiger partial charge in [-0.3, -0.25) is 4.79 Å². The maximum atomic E-state index is 12.7. The van der Waals surface area contributed by atoms with Crippen LogP contribution < -0.4 is 9.64 Å². The number of rotatable bonds is 4. The van der Waals surface area contributed by atoms with Gasteiger partial charge in [0.05, 0.1) is 36.1 Å². The number of aliphatic imine (C=N–C) groups is 1. The van der Waals surface area contributed by atoms with Crippen LogP contribution in [0.3, 0.4) is 0 Å². The average molecular weight is 465 g/mol. The average Bonchev–Trinajstić information content (AvgIpc) is 3.14. The molecule has 2 aliphatic rings.